The van der Waals surface area contributed by atoms with Crippen molar-refractivity contribution in [1.29, 1.82) is 0 Å². The molecule has 1 saturated heterocycles. The molecule has 0 spiro atoms. The summed E-state index contributed by atoms with van der Waals surface area (Å²) in [6.45, 7) is 6.12. The van der Waals surface area contributed by atoms with E-state index in [0.29, 0.717) is 6.04 Å². The van der Waals surface area contributed by atoms with Gasteiger partial charge in [-0.3, -0.25) is 0 Å². The van der Waals surface area contributed by atoms with Crippen molar-refractivity contribution in [3.05, 3.63) is 0 Å². The first-order chi connectivity index (χ1) is 7.25. The Morgan fingerprint density at radius 3 is 2.19 bits per heavy atom. The molecular weight excluding hydrogens is 220 g/mol. The van der Waals surface area contributed by atoms with E-state index in [1.807, 2.05) is 0 Å². The molecule has 0 bridgehead atoms. The molecule has 0 radical (unpaired) electrons. The van der Waals surface area contributed by atoms with Crippen molar-refractivity contribution in [2.24, 2.45) is 17.6 Å². The second-order valence-corrected chi connectivity index (χ2v) is 5.65. The fourth-order valence-electron chi connectivity index (χ4n) is 3.22. The normalized spacial score (nSPS) is 26.6. The summed E-state index contributed by atoms with van der Waals surface area (Å²) in [5.41, 5.74) is 5.96. The summed E-state index contributed by atoms with van der Waals surface area (Å²) in [5.74, 6) is 1.79. The number of hydrogen-bond acceptors (Lipinski definition) is 2. The minimum absolute atomic E-state index is 0. The number of nitrogens with two attached hydrogens (primary N) is 1. The van der Waals surface area contributed by atoms with Crippen LogP contribution in [-0.4, -0.2) is 30.6 Å². The van der Waals surface area contributed by atoms with Crippen molar-refractivity contribution in [2.75, 3.05) is 19.6 Å². The zero-order chi connectivity index (χ0) is 10.7. The maximum atomic E-state index is 5.96. The highest BCUT2D eigenvalue weighted by atomic mass is 35.5. The molecule has 2 N–H and O–H groups in total. The number of nitrogens with zero attached hydrogens (tertiary/aromatic N) is 1. The van der Waals surface area contributed by atoms with Gasteiger partial charge in [-0.05, 0) is 57.5 Å². The van der Waals surface area contributed by atoms with Crippen LogP contribution in [0.5, 0.6) is 0 Å². The van der Waals surface area contributed by atoms with Crippen molar-refractivity contribution in [2.45, 2.75) is 51.5 Å². The lowest BCUT2D eigenvalue weighted by Gasteiger charge is -2.35. The van der Waals surface area contributed by atoms with Gasteiger partial charge in [0.1, 0.15) is 0 Å². The van der Waals surface area contributed by atoms with Crippen LogP contribution < -0.4 is 5.73 Å². The minimum Gasteiger partial charge on any atom is -0.328 e. The molecule has 0 amide bonds. The van der Waals surface area contributed by atoms with Gasteiger partial charge < -0.3 is 10.6 Å². The van der Waals surface area contributed by atoms with Crippen molar-refractivity contribution >= 4 is 12.4 Å². The van der Waals surface area contributed by atoms with Gasteiger partial charge in [-0.2, -0.15) is 0 Å². The molecule has 2 nitrogen and oxygen atoms in total. The van der Waals surface area contributed by atoms with Gasteiger partial charge in [0.15, 0.2) is 0 Å². The number of rotatable bonds is 3. The average molecular weight is 247 g/mol. The maximum Gasteiger partial charge on any atom is 0.00397 e. The molecule has 1 saturated carbocycles. The summed E-state index contributed by atoms with van der Waals surface area (Å²) in [6.07, 6.45) is 8.55. The molecule has 1 heterocycles. The third kappa shape index (κ3) is 3.90. The molecule has 96 valence electrons. The molecule has 0 aromatic rings. The first-order valence-corrected chi connectivity index (χ1v) is 6.73. The minimum atomic E-state index is 0. The van der Waals surface area contributed by atoms with Crippen LogP contribution in [0.15, 0.2) is 0 Å². The Kier molecular flexibility index (Phi) is 6.09. The molecule has 2 fully saturated rings. The SMILES string of the molecule is CC(N)C1CCN(CC2CCCC2)CC1.Cl. The molecule has 2 aliphatic rings. The fourth-order valence-corrected chi connectivity index (χ4v) is 3.22. The van der Waals surface area contributed by atoms with E-state index in [4.69, 9.17) is 5.73 Å². The van der Waals surface area contributed by atoms with Crippen LogP contribution >= 0.6 is 12.4 Å². The van der Waals surface area contributed by atoms with Gasteiger partial charge in [0, 0.05) is 12.6 Å². The lowest BCUT2D eigenvalue weighted by Crippen LogP contribution is -2.41. The van der Waals surface area contributed by atoms with Crippen LogP contribution in [0.25, 0.3) is 0 Å². The van der Waals surface area contributed by atoms with E-state index in [1.165, 1.54) is 58.2 Å². The predicted octanol–water partition coefficient (Wildman–Crippen LogP) is 2.66. The number of hydrogen-bond donors (Lipinski definition) is 1. The Morgan fingerprint density at radius 1 is 1.12 bits per heavy atom. The number of likely N-dealkylation sites (tertiary alicyclic amines) is 1. The topological polar surface area (TPSA) is 29.3 Å². The highest BCUT2D eigenvalue weighted by Crippen LogP contribution is 2.27. The molecule has 1 atom stereocenters. The Bertz CT molecular complexity index is 182. The van der Waals surface area contributed by atoms with Crippen LogP contribution in [0.2, 0.25) is 0 Å². The fraction of sp³-hybridized carbons (Fsp3) is 1.00. The summed E-state index contributed by atoms with van der Waals surface area (Å²) >= 11 is 0. The summed E-state index contributed by atoms with van der Waals surface area (Å²) in [7, 11) is 0. The Labute approximate surface area is 106 Å². The molecule has 0 aromatic heterocycles. The summed E-state index contributed by atoms with van der Waals surface area (Å²) in [5, 5.41) is 0. The van der Waals surface area contributed by atoms with E-state index >= 15 is 0 Å². The van der Waals surface area contributed by atoms with Crippen LogP contribution in [0.3, 0.4) is 0 Å². The zero-order valence-electron chi connectivity index (χ0n) is 10.5. The van der Waals surface area contributed by atoms with Gasteiger partial charge in [-0.25, -0.2) is 0 Å². The monoisotopic (exact) mass is 246 g/mol. The third-order valence-electron chi connectivity index (χ3n) is 4.37. The van der Waals surface area contributed by atoms with Crippen molar-refractivity contribution in [3.8, 4) is 0 Å². The van der Waals surface area contributed by atoms with E-state index in [-0.39, 0.29) is 12.4 Å². The largest absolute Gasteiger partial charge is 0.328 e. The molecular formula is C13H27ClN2. The van der Waals surface area contributed by atoms with E-state index < -0.39 is 0 Å². The predicted molar refractivity (Wildman–Crippen MR) is 72.0 cm³/mol. The molecule has 0 aromatic carbocycles. The summed E-state index contributed by atoms with van der Waals surface area (Å²) in [6, 6.07) is 0.402. The van der Waals surface area contributed by atoms with Gasteiger partial charge in [0.2, 0.25) is 0 Å². The summed E-state index contributed by atoms with van der Waals surface area (Å²) in [4.78, 5) is 2.68. The number of halogens is 1. The van der Waals surface area contributed by atoms with Gasteiger partial charge in [-0.1, -0.05) is 12.8 Å². The highest BCUT2D eigenvalue weighted by Gasteiger charge is 2.24. The average Bonchev–Trinajstić information content (AvgIpc) is 2.71. The molecule has 16 heavy (non-hydrogen) atoms. The van der Waals surface area contributed by atoms with Crippen LogP contribution in [0, 0.1) is 11.8 Å². The first-order valence-electron chi connectivity index (χ1n) is 6.73. The highest BCUT2D eigenvalue weighted by molar-refractivity contribution is 5.85. The lowest BCUT2D eigenvalue weighted by atomic mass is 9.90. The second-order valence-electron chi connectivity index (χ2n) is 5.65. The van der Waals surface area contributed by atoms with Gasteiger partial charge in [-0.15, -0.1) is 12.4 Å². The van der Waals surface area contributed by atoms with Crippen LogP contribution in [-0.2, 0) is 0 Å². The van der Waals surface area contributed by atoms with E-state index in [2.05, 4.69) is 11.8 Å². The van der Waals surface area contributed by atoms with Crippen molar-refractivity contribution in [1.82, 2.24) is 4.90 Å². The van der Waals surface area contributed by atoms with Crippen LogP contribution in [0.4, 0.5) is 0 Å². The smallest absolute Gasteiger partial charge is 0.00397 e. The molecule has 1 aliphatic carbocycles. The van der Waals surface area contributed by atoms with E-state index in [0.717, 1.165) is 11.8 Å². The van der Waals surface area contributed by atoms with E-state index in [9.17, 15) is 0 Å². The van der Waals surface area contributed by atoms with Crippen molar-refractivity contribution < 1.29 is 0 Å². The Hall–Kier alpha value is 0.210. The van der Waals surface area contributed by atoms with Crippen molar-refractivity contribution in [3.63, 3.8) is 0 Å². The lowest BCUT2D eigenvalue weighted by molar-refractivity contribution is 0.151. The van der Waals surface area contributed by atoms with E-state index in [1.54, 1.807) is 0 Å². The quantitative estimate of drug-likeness (QED) is 0.830. The molecule has 1 unspecified atom stereocenters. The van der Waals surface area contributed by atoms with Crippen LogP contribution in [0.1, 0.15) is 45.4 Å². The first kappa shape index (κ1) is 14.3. The molecule has 1 aliphatic heterocycles. The molecule has 2 rings (SSSR count). The number of piperidine rings is 1. The Balaban J connectivity index is 0.00000128. The summed E-state index contributed by atoms with van der Waals surface area (Å²) < 4.78 is 0. The zero-order valence-corrected chi connectivity index (χ0v) is 11.3. The van der Waals surface area contributed by atoms with Gasteiger partial charge in [0.05, 0.1) is 0 Å². The molecule has 3 heteroatoms. The van der Waals surface area contributed by atoms with Gasteiger partial charge >= 0.3 is 0 Å². The van der Waals surface area contributed by atoms with Gasteiger partial charge in [0.25, 0.3) is 0 Å². The standard InChI is InChI=1S/C13H26N2.ClH/c1-11(14)13-6-8-15(9-7-13)10-12-4-2-3-5-12;/h11-13H,2-10,14H2,1H3;1H. The second kappa shape index (κ2) is 6.83. The third-order valence-corrected chi connectivity index (χ3v) is 4.37. The maximum absolute atomic E-state index is 5.96. The Morgan fingerprint density at radius 2 is 1.69 bits per heavy atom.